The summed E-state index contributed by atoms with van der Waals surface area (Å²) in [5, 5.41) is 22.9. The van der Waals surface area contributed by atoms with E-state index in [1.54, 1.807) is 66.1 Å². The fraction of sp³-hybridized carbons (Fsp3) is 0.103. The summed E-state index contributed by atoms with van der Waals surface area (Å²) in [5.74, 6) is -0.168. The Morgan fingerprint density at radius 1 is 0.925 bits per heavy atom. The number of amidine groups is 1. The largest absolute Gasteiger partial charge is 0.497 e. The molecule has 0 unspecified atom stereocenters. The number of anilines is 2. The van der Waals surface area contributed by atoms with Gasteiger partial charge in [0.05, 0.1) is 17.7 Å². The fourth-order valence-corrected chi connectivity index (χ4v) is 5.05. The van der Waals surface area contributed by atoms with Crippen LogP contribution in [0.15, 0.2) is 108 Å². The number of amides is 1. The van der Waals surface area contributed by atoms with Gasteiger partial charge in [-0.3, -0.25) is 25.6 Å². The standard InChI is InChI=1S/C29H29N5O5S/c1-39-23-16-17-26(34-40(37,38)24-10-6-3-7-11-24)25(18-23)27(29(35)31-19-20-8-4-2-5-9-20)32-22-14-12-21(13-15-22)28(30)33-36/h2-18,27,32,34,36H,19H2,1H3,(H2,30,33)(H,31,35)/t27-/m0/s1. The Morgan fingerprint density at radius 3 is 2.20 bits per heavy atom. The Bertz CT molecular complexity index is 1560. The van der Waals surface area contributed by atoms with Crippen LogP contribution in [0.2, 0.25) is 0 Å². The molecule has 1 amide bonds. The van der Waals surface area contributed by atoms with E-state index < -0.39 is 22.0 Å². The van der Waals surface area contributed by atoms with Crippen LogP contribution >= 0.6 is 0 Å². The van der Waals surface area contributed by atoms with Gasteiger partial charge in [0.2, 0.25) is 5.91 Å². The van der Waals surface area contributed by atoms with E-state index in [9.17, 15) is 13.2 Å². The van der Waals surface area contributed by atoms with Crippen molar-refractivity contribution in [3.8, 4) is 5.75 Å². The first-order valence-electron chi connectivity index (χ1n) is 12.2. The lowest BCUT2D eigenvalue weighted by Gasteiger charge is -2.24. The van der Waals surface area contributed by atoms with Crippen molar-refractivity contribution in [2.24, 2.45) is 0 Å². The number of sulfonamides is 1. The molecule has 11 heteroatoms. The number of ether oxygens (including phenoxy) is 1. The second-order valence-corrected chi connectivity index (χ2v) is 10.4. The van der Waals surface area contributed by atoms with Gasteiger partial charge in [-0.15, -0.1) is 0 Å². The minimum absolute atomic E-state index is 0.0744. The summed E-state index contributed by atoms with van der Waals surface area (Å²) in [6, 6.07) is 27.5. The molecule has 0 saturated carbocycles. The van der Waals surface area contributed by atoms with Crippen LogP contribution in [0.1, 0.15) is 22.7 Å². The zero-order chi connectivity index (χ0) is 28.5. The number of carbonyl (C=O) groups excluding carboxylic acids is 1. The van der Waals surface area contributed by atoms with E-state index in [2.05, 4.69) is 15.4 Å². The van der Waals surface area contributed by atoms with Gasteiger partial charge in [0, 0.05) is 23.4 Å². The first kappa shape index (κ1) is 28.1. The zero-order valence-corrected chi connectivity index (χ0v) is 22.4. The number of hydrogen-bond donors (Lipinski definition) is 6. The van der Waals surface area contributed by atoms with Gasteiger partial charge in [-0.25, -0.2) is 8.42 Å². The van der Waals surface area contributed by atoms with Gasteiger partial charge in [-0.2, -0.15) is 0 Å². The van der Waals surface area contributed by atoms with Crippen LogP contribution in [0.3, 0.4) is 0 Å². The van der Waals surface area contributed by atoms with Gasteiger partial charge >= 0.3 is 0 Å². The summed E-state index contributed by atoms with van der Waals surface area (Å²) >= 11 is 0. The quantitative estimate of drug-likeness (QED) is 0.0912. The highest BCUT2D eigenvalue weighted by Gasteiger charge is 2.26. The van der Waals surface area contributed by atoms with Gasteiger partial charge in [-0.1, -0.05) is 48.5 Å². The lowest BCUT2D eigenvalue weighted by molar-refractivity contribution is -0.122. The minimum atomic E-state index is -3.97. The Balaban J connectivity index is 1.72. The number of rotatable bonds is 11. The van der Waals surface area contributed by atoms with E-state index in [4.69, 9.17) is 15.4 Å². The molecular weight excluding hydrogens is 530 g/mol. The SMILES string of the molecule is COc1ccc(NS(=O)(=O)c2ccccc2)c([C@H](Nc2ccc(C(=N)NO)cc2)C(=O)NCc2ccccc2)c1. The van der Waals surface area contributed by atoms with E-state index in [1.807, 2.05) is 30.3 Å². The molecule has 0 radical (unpaired) electrons. The van der Waals surface area contributed by atoms with Crippen LogP contribution in [0.25, 0.3) is 0 Å². The first-order valence-corrected chi connectivity index (χ1v) is 13.7. The summed E-state index contributed by atoms with van der Waals surface area (Å²) in [4.78, 5) is 13.7. The number of nitrogens with one attached hydrogen (secondary N) is 5. The number of hydrogen-bond acceptors (Lipinski definition) is 7. The van der Waals surface area contributed by atoms with Crippen molar-refractivity contribution in [1.29, 1.82) is 5.41 Å². The van der Waals surface area contributed by atoms with Gasteiger partial charge in [0.1, 0.15) is 17.6 Å². The Morgan fingerprint density at radius 2 is 1.57 bits per heavy atom. The van der Waals surface area contributed by atoms with Crippen molar-refractivity contribution >= 4 is 33.1 Å². The third kappa shape index (κ3) is 6.95. The molecule has 206 valence electrons. The molecule has 0 bridgehead atoms. The highest BCUT2D eigenvalue weighted by atomic mass is 32.2. The smallest absolute Gasteiger partial charge is 0.261 e. The van der Waals surface area contributed by atoms with Gasteiger partial charge < -0.3 is 15.4 Å². The molecule has 0 aliphatic heterocycles. The van der Waals surface area contributed by atoms with Crippen LogP contribution in [0.5, 0.6) is 5.75 Å². The molecule has 40 heavy (non-hydrogen) atoms. The van der Waals surface area contributed by atoms with E-state index in [0.717, 1.165) is 5.56 Å². The number of methoxy groups -OCH3 is 1. The molecule has 0 fully saturated rings. The highest BCUT2D eigenvalue weighted by Crippen LogP contribution is 2.32. The molecular formula is C29H29N5O5S. The molecule has 0 aromatic heterocycles. The Kier molecular flexibility index (Phi) is 9.00. The summed E-state index contributed by atoms with van der Waals surface area (Å²) in [6.45, 7) is 0.255. The zero-order valence-electron chi connectivity index (χ0n) is 21.6. The van der Waals surface area contributed by atoms with Gasteiger partial charge in [0.15, 0.2) is 0 Å². The van der Waals surface area contributed by atoms with Crippen molar-refractivity contribution in [3.05, 3.63) is 120 Å². The third-order valence-electron chi connectivity index (χ3n) is 6.04. The predicted molar refractivity (Wildman–Crippen MR) is 153 cm³/mol. The first-order chi connectivity index (χ1) is 19.3. The van der Waals surface area contributed by atoms with Crippen LogP contribution in [-0.2, 0) is 21.4 Å². The second-order valence-electron chi connectivity index (χ2n) is 8.72. The van der Waals surface area contributed by atoms with E-state index in [0.29, 0.717) is 22.6 Å². The van der Waals surface area contributed by atoms with Crippen LogP contribution in [-0.4, -0.2) is 32.5 Å². The Hall–Kier alpha value is -4.87. The molecule has 0 heterocycles. The monoisotopic (exact) mass is 559 g/mol. The van der Waals surface area contributed by atoms with Gasteiger partial charge in [-0.05, 0) is 60.2 Å². The molecule has 0 saturated heterocycles. The maximum absolute atomic E-state index is 13.7. The minimum Gasteiger partial charge on any atom is -0.497 e. The molecule has 0 aliphatic rings. The maximum Gasteiger partial charge on any atom is 0.261 e. The lowest BCUT2D eigenvalue weighted by atomic mass is 10.0. The van der Waals surface area contributed by atoms with Crippen molar-refractivity contribution in [2.75, 3.05) is 17.1 Å². The second kappa shape index (κ2) is 12.8. The van der Waals surface area contributed by atoms with Crippen LogP contribution in [0.4, 0.5) is 11.4 Å². The lowest BCUT2D eigenvalue weighted by Crippen LogP contribution is -2.34. The summed E-state index contributed by atoms with van der Waals surface area (Å²) in [7, 11) is -2.49. The van der Waals surface area contributed by atoms with E-state index in [1.165, 1.54) is 19.2 Å². The summed E-state index contributed by atoms with van der Waals surface area (Å²) in [5.41, 5.74) is 4.16. The van der Waals surface area contributed by atoms with Crippen LogP contribution < -0.4 is 25.6 Å². The fourth-order valence-electron chi connectivity index (χ4n) is 3.94. The highest BCUT2D eigenvalue weighted by molar-refractivity contribution is 7.92. The average molecular weight is 560 g/mol. The summed E-state index contributed by atoms with van der Waals surface area (Å²) < 4.78 is 34.4. The topological polar surface area (TPSA) is 153 Å². The van der Waals surface area contributed by atoms with Crippen molar-refractivity contribution in [1.82, 2.24) is 10.8 Å². The average Bonchev–Trinajstić information content (AvgIpc) is 2.99. The molecule has 4 rings (SSSR count). The summed E-state index contributed by atoms with van der Waals surface area (Å²) in [6.07, 6.45) is 0. The van der Waals surface area contributed by atoms with E-state index in [-0.39, 0.29) is 23.0 Å². The Labute approximate surface area is 232 Å². The number of hydroxylamine groups is 1. The van der Waals surface area contributed by atoms with Crippen molar-refractivity contribution < 1.29 is 23.2 Å². The van der Waals surface area contributed by atoms with Crippen molar-refractivity contribution in [2.45, 2.75) is 17.5 Å². The number of carbonyl (C=O) groups is 1. The van der Waals surface area contributed by atoms with Crippen molar-refractivity contribution in [3.63, 3.8) is 0 Å². The normalized spacial score (nSPS) is 11.7. The molecule has 1 atom stereocenters. The molecule has 6 N–H and O–H groups in total. The predicted octanol–water partition coefficient (Wildman–Crippen LogP) is 4.27. The van der Waals surface area contributed by atoms with E-state index >= 15 is 0 Å². The van der Waals surface area contributed by atoms with Gasteiger partial charge in [0.25, 0.3) is 10.0 Å². The molecule has 0 aliphatic carbocycles. The maximum atomic E-state index is 13.7. The molecule has 0 spiro atoms. The molecule has 4 aromatic rings. The molecule has 4 aromatic carbocycles. The molecule has 10 nitrogen and oxygen atoms in total. The van der Waals surface area contributed by atoms with Crippen LogP contribution in [0, 0.1) is 5.41 Å². The third-order valence-corrected chi connectivity index (χ3v) is 7.42. The number of benzene rings is 4.